The number of hydrogen-bond acceptors (Lipinski definition) is 4. The van der Waals surface area contributed by atoms with Crippen molar-refractivity contribution < 1.29 is 9.53 Å². The normalized spacial score (nSPS) is 20.8. The van der Waals surface area contributed by atoms with Crippen molar-refractivity contribution in [2.45, 2.75) is 51.7 Å². The number of nitrogens with zero attached hydrogens (tertiary/aromatic N) is 3. The zero-order valence-corrected chi connectivity index (χ0v) is 11.1. The van der Waals surface area contributed by atoms with E-state index in [0.29, 0.717) is 6.54 Å². The highest BCUT2D eigenvalue weighted by atomic mass is 16.6. The first-order valence-corrected chi connectivity index (χ1v) is 6.33. The molecule has 1 N–H and O–H groups in total. The maximum Gasteiger partial charge on any atom is 0.410 e. The van der Waals surface area contributed by atoms with Crippen molar-refractivity contribution in [3.63, 3.8) is 0 Å². The third-order valence-corrected chi connectivity index (χ3v) is 2.91. The summed E-state index contributed by atoms with van der Waals surface area (Å²) in [6.45, 7) is 6.34. The molecule has 1 fully saturated rings. The Kier molecular flexibility index (Phi) is 3.54. The molecule has 0 aliphatic carbocycles. The number of carbonyl (C=O) groups excluding carboxylic acids is 1. The molecule has 2 heterocycles. The van der Waals surface area contributed by atoms with Crippen LogP contribution in [0.3, 0.4) is 0 Å². The van der Waals surface area contributed by atoms with Gasteiger partial charge in [0.15, 0.2) is 0 Å². The zero-order chi connectivity index (χ0) is 13.2. The Bertz CT molecular complexity index is 397. The molecule has 1 aliphatic rings. The van der Waals surface area contributed by atoms with E-state index in [0.717, 1.165) is 25.0 Å². The second-order valence-electron chi connectivity index (χ2n) is 5.58. The van der Waals surface area contributed by atoms with Gasteiger partial charge in [-0.25, -0.2) is 4.79 Å². The fourth-order valence-corrected chi connectivity index (χ4v) is 2.15. The number of rotatable bonds is 1. The molecule has 1 aliphatic heterocycles. The molecule has 2 rings (SSSR count). The summed E-state index contributed by atoms with van der Waals surface area (Å²) < 4.78 is 5.43. The number of amides is 1. The summed E-state index contributed by atoms with van der Waals surface area (Å²) in [5, 5.41) is 10.5. The number of piperidine rings is 1. The molecule has 1 atom stereocenters. The highest BCUT2D eigenvalue weighted by molar-refractivity contribution is 5.68. The topological polar surface area (TPSA) is 71.1 Å². The molecule has 1 aromatic rings. The van der Waals surface area contributed by atoms with Crippen molar-refractivity contribution in [2.75, 3.05) is 6.54 Å². The number of H-pyrrole nitrogens is 1. The van der Waals surface area contributed by atoms with Crippen LogP contribution in [0.1, 0.15) is 51.8 Å². The summed E-state index contributed by atoms with van der Waals surface area (Å²) in [6, 6.07) is -0.0210. The second kappa shape index (κ2) is 4.96. The maximum atomic E-state index is 12.2. The van der Waals surface area contributed by atoms with Gasteiger partial charge in [-0.05, 0) is 40.0 Å². The minimum Gasteiger partial charge on any atom is -0.444 e. The van der Waals surface area contributed by atoms with E-state index in [4.69, 9.17) is 4.74 Å². The Morgan fingerprint density at radius 3 is 2.89 bits per heavy atom. The summed E-state index contributed by atoms with van der Waals surface area (Å²) in [7, 11) is 0. The van der Waals surface area contributed by atoms with Gasteiger partial charge in [-0.2, -0.15) is 15.4 Å². The highest BCUT2D eigenvalue weighted by Crippen LogP contribution is 2.30. The number of nitrogens with one attached hydrogen (secondary N) is 1. The van der Waals surface area contributed by atoms with Gasteiger partial charge < -0.3 is 4.74 Å². The minimum absolute atomic E-state index is 0.0210. The van der Waals surface area contributed by atoms with Crippen LogP contribution in [0.15, 0.2) is 6.20 Å². The van der Waals surface area contributed by atoms with Gasteiger partial charge >= 0.3 is 6.09 Å². The van der Waals surface area contributed by atoms with Crippen molar-refractivity contribution in [3.05, 3.63) is 11.9 Å². The Balaban J connectivity index is 2.11. The highest BCUT2D eigenvalue weighted by Gasteiger charge is 2.32. The van der Waals surface area contributed by atoms with Gasteiger partial charge in [0.05, 0.1) is 12.2 Å². The molecule has 1 amide bonds. The van der Waals surface area contributed by atoms with Gasteiger partial charge in [-0.15, -0.1) is 0 Å². The largest absolute Gasteiger partial charge is 0.444 e. The first kappa shape index (κ1) is 12.9. The van der Waals surface area contributed by atoms with Crippen molar-refractivity contribution in [3.8, 4) is 0 Å². The van der Waals surface area contributed by atoms with E-state index >= 15 is 0 Å². The number of likely N-dealkylation sites (tertiary alicyclic amines) is 1. The zero-order valence-electron chi connectivity index (χ0n) is 11.1. The van der Waals surface area contributed by atoms with Crippen LogP contribution in [0.25, 0.3) is 0 Å². The molecule has 0 bridgehead atoms. The van der Waals surface area contributed by atoms with Crippen LogP contribution in [0.2, 0.25) is 0 Å². The van der Waals surface area contributed by atoms with Crippen molar-refractivity contribution >= 4 is 6.09 Å². The fraction of sp³-hybridized carbons (Fsp3) is 0.750. The van der Waals surface area contributed by atoms with E-state index in [-0.39, 0.29) is 12.1 Å². The number of carbonyl (C=O) groups is 1. The minimum atomic E-state index is -0.469. The van der Waals surface area contributed by atoms with Crippen LogP contribution in [-0.4, -0.2) is 38.5 Å². The second-order valence-corrected chi connectivity index (χ2v) is 5.58. The summed E-state index contributed by atoms with van der Waals surface area (Å²) in [5.74, 6) is 0. The lowest BCUT2D eigenvalue weighted by Gasteiger charge is -2.35. The molecule has 6 heteroatoms. The lowest BCUT2D eigenvalue weighted by molar-refractivity contribution is 0.00900. The van der Waals surface area contributed by atoms with Crippen molar-refractivity contribution in [2.24, 2.45) is 0 Å². The van der Waals surface area contributed by atoms with Gasteiger partial charge in [0.25, 0.3) is 0 Å². The number of aromatic amines is 1. The molecule has 1 aromatic heterocycles. The molecule has 0 spiro atoms. The molecule has 6 nitrogen and oxygen atoms in total. The SMILES string of the molecule is CC(C)(C)OC(=O)N1CCCCC1c1cn[nH]n1. The van der Waals surface area contributed by atoms with E-state index in [1.807, 2.05) is 20.8 Å². The van der Waals surface area contributed by atoms with Gasteiger partial charge in [-0.1, -0.05) is 0 Å². The fourth-order valence-electron chi connectivity index (χ4n) is 2.15. The van der Waals surface area contributed by atoms with Crippen LogP contribution in [0, 0.1) is 0 Å². The number of aromatic nitrogens is 3. The summed E-state index contributed by atoms with van der Waals surface area (Å²) in [4.78, 5) is 13.9. The smallest absolute Gasteiger partial charge is 0.410 e. The quantitative estimate of drug-likeness (QED) is 0.832. The molecular formula is C12H20N4O2. The van der Waals surface area contributed by atoms with E-state index < -0.39 is 5.60 Å². The predicted octanol–water partition coefficient (Wildman–Crippen LogP) is 2.27. The van der Waals surface area contributed by atoms with Crippen LogP contribution >= 0.6 is 0 Å². The Morgan fingerprint density at radius 2 is 2.28 bits per heavy atom. The summed E-state index contributed by atoms with van der Waals surface area (Å²) >= 11 is 0. The molecular weight excluding hydrogens is 232 g/mol. The monoisotopic (exact) mass is 252 g/mol. The van der Waals surface area contributed by atoms with Gasteiger partial charge in [0, 0.05) is 6.54 Å². The molecule has 1 saturated heterocycles. The van der Waals surface area contributed by atoms with Crippen LogP contribution in [0.5, 0.6) is 0 Å². The first-order valence-electron chi connectivity index (χ1n) is 6.33. The predicted molar refractivity (Wildman–Crippen MR) is 65.9 cm³/mol. The average Bonchev–Trinajstić information content (AvgIpc) is 2.80. The van der Waals surface area contributed by atoms with E-state index in [9.17, 15) is 4.79 Å². The third kappa shape index (κ3) is 3.00. The molecule has 0 radical (unpaired) electrons. The number of hydrogen-bond donors (Lipinski definition) is 1. The van der Waals surface area contributed by atoms with E-state index in [1.54, 1.807) is 11.1 Å². The van der Waals surface area contributed by atoms with Crippen molar-refractivity contribution in [1.82, 2.24) is 20.3 Å². The van der Waals surface area contributed by atoms with Crippen LogP contribution in [0.4, 0.5) is 4.79 Å². The molecule has 100 valence electrons. The number of ether oxygens (including phenoxy) is 1. The molecule has 1 unspecified atom stereocenters. The van der Waals surface area contributed by atoms with Crippen LogP contribution < -0.4 is 0 Å². The molecule has 0 aromatic carbocycles. The van der Waals surface area contributed by atoms with Crippen LogP contribution in [-0.2, 0) is 4.74 Å². The molecule has 0 saturated carbocycles. The van der Waals surface area contributed by atoms with Gasteiger partial charge in [-0.3, -0.25) is 4.90 Å². The third-order valence-electron chi connectivity index (χ3n) is 2.91. The summed E-state index contributed by atoms with van der Waals surface area (Å²) in [5.41, 5.74) is 0.337. The molecule has 18 heavy (non-hydrogen) atoms. The standard InChI is InChI=1S/C12H20N4O2/c1-12(2,3)18-11(17)16-7-5-4-6-10(16)9-8-13-15-14-9/h8,10H,4-7H2,1-3H3,(H,13,14,15). The van der Waals surface area contributed by atoms with E-state index in [1.165, 1.54) is 0 Å². The first-order chi connectivity index (χ1) is 8.47. The lowest BCUT2D eigenvalue weighted by Crippen LogP contribution is -2.42. The Labute approximate surface area is 107 Å². The lowest BCUT2D eigenvalue weighted by atomic mass is 10.0. The summed E-state index contributed by atoms with van der Waals surface area (Å²) in [6.07, 6.45) is 4.42. The maximum absolute atomic E-state index is 12.2. The Morgan fingerprint density at radius 1 is 1.50 bits per heavy atom. The van der Waals surface area contributed by atoms with Gasteiger partial charge in [0.2, 0.25) is 0 Å². The van der Waals surface area contributed by atoms with Crippen molar-refractivity contribution in [1.29, 1.82) is 0 Å². The average molecular weight is 252 g/mol. The van der Waals surface area contributed by atoms with Gasteiger partial charge in [0.1, 0.15) is 11.3 Å². The Hall–Kier alpha value is -1.59. The van der Waals surface area contributed by atoms with E-state index in [2.05, 4.69) is 15.4 Å².